The summed E-state index contributed by atoms with van der Waals surface area (Å²) >= 11 is 3.33. The van der Waals surface area contributed by atoms with E-state index in [-0.39, 0.29) is 5.91 Å². The van der Waals surface area contributed by atoms with Crippen LogP contribution in [0.5, 0.6) is 0 Å². The van der Waals surface area contributed by atoms with Gasteiger partial charge in [-0.1, -0.05) is 0 Å². The van der Waals surface area contributed by atoms with E-state index in [9.17, 15) is 4.79 Å². The van der Waals surface area contributed by atoms with E-state index in [2.05, 4.69) is 20.9 Å². The number of aromatic nitrogens is 1. The Morgan fingerprint density at radius 3 is 3.06 bits per heavy atom. The maximum Gasteiger partial charge on any atom is 0.273 e. The topological polar surface area (TPSA) is 42.4 Å². The van der Waals surface area contributed by atoms with Gasteiger partial charge >= 0.3 is 0 Å². The molecule has 0 aliphatic heterocycles. The standard InChI is InChI=1S/C13H17BrN2O2/c1-16(7-8-18-9-10-4-5-10)13(17)12-11(14)3-2-6-15-12/h2-3,6,10H,4-5,7-9H2,1H3. The van der Waals surface area contributed by atoms with Gasteiger partial charge in [0.2, 0.25) is 0 Å². The van der Waals surface area contributed by atoms with Crippen LogP contribution in [0.1, 0.15) is 23.3 Å². The number of carbonyl (C=O) groups is 1. The molecule has 18 heavy (non-hydrogen) atoms. The molecule has 0 bridgehead atoms. The lowest BCUT2D eigenvalue weighted by Gasteiger charge is -2.17. The highest BCUT2D eigenvalue weighted by molar-refractivity contribution is 9.10. The number of rotatable bonds is 6. The van der Waals surface area contributed by atoms with E-state index in [1.165, 1.54) is 12.8 Å². The highest BCUT2D eigenvalue weighted by Gasteiger charge is 2.21. The van der Waals surface area contributed by atoms with Crippen molar-refractivity contribution in [3.05, 3.63) is 28.5 Å². The molecule has 5 heteroatoms. The Balaban J connectivity index is 1.78. The quantitative estimate of drug-likeness (QED) is 0.757. The lowest BCUT2D eigenvalue weighted by Crippen LogP contribution is -2.31. The van der Waals surface area contributed by atoms with E-state index >= 15 is 0 Å². The molecule has 0 unspecified atom stereocenters. The molecule has 4 nitrogen and oxygen atoms in total. The molecular weight excluding hydrogens is 296 g/mol. The van der Waals surface area contributed by atoms with Crippen molar-refractivity contribution in [3.63, 3.8) is 0 Å². The van der Waals surface area contributed by atoms with Gasteiger partial charge in [0.1, 0.15) is 5.69 Å². The summed E-state index contributed by atoms with van der Waals surface area (Å²) in [6.45, 7) is 2.01. The zero-order valence-corrected chi connectivity index (χ0v) is 12.0. The van der Waals surface area contributed by atoms with Gasteiger partial charge in [-0.15, -0.1) is 0 Å². The van der Waals surface area contributed by atoms with Gasteiger partial charge < -0.3 is 9.64 Å². The van der Waals surface area contributed by atoms with Gasteiger partial charge in [-0.2, -0.15) is 0 Å². The lowest BCUT2D eigenvalue weighted by atomic mass is 10.3. The number of likely N-dealkylation sites (N-methyl/N-ethyl adjacent to an activating group) is 1. The minimum atomic E-state index is -0.0857. The van der Waals surface area contributed by atoms with Crippen LogP contribution >= 0.6 is 15.9 Å². The van der Waals surface area contributed by atoms with Crippen molar-refractivity contribution < 1.29 is 9.53 Å². The van der Waals surface area contributed by atoms with Crippen LogP contribution in [0.3, 0.4) is 0 Å². The molecule has 0 aromatic carbocycles. The third-order valence-electron chi connectivity index (χ3n) is 2.93. The molecule has 1 aromatic rings. The molecule has 1 aliphatic carbocycles. The first kappa shape index (κ1) is 13.5. The monoisotopic (exact) mass is 312 g/mol. The summed E-state index contributed by atoms with van der Waals surface area (Å²) < 4.78 is 6.24. The van der Waals surface area contributed by atoms with Gasteiger partial charge in [-0.25, -0.2) is 4.98 Å². The van der Waals surface area contributed by atoms with Gasteiger partial charge in [0.25, 0.3) is 5.91 Å². The molecule has 1 saturated carbocycles. The van der Waals surface area contributed by atoms with Crippen molar-refractivity contribution >= 4 is 21.8 Å². The van der Waals surface area contributed by atoms with E-state index in [0.29, 0.717) is 18.8 Å². The Bertz CT molecular complexity index is 421. The minimum Gasteiger partial charge on any atom is -0.379 e. The van der Waals surface area contributed by atoms with Crippen LogP contribution in [0, 0.1) is 5.92 Å². The Kier molecular flexibility index (Phi) is 4.72. The average Bonchev–Trinajstić information content (AvgIpc) is 3.18. The number of hydrogen-bond donors (Lipinski definition) is 0. The molecule has 1 heterocycles. The second-order valence-corrected chi connectivity index (χ2v) is 5.43. The summed E-state index contributed by atoms with van der Waals surface area (Å²) in [5, 5.41) is 0. The second kappa shape index (κ2) is 6.29. The maximum atomic E-state index is 12.1. The maximum absolute atomic E-state index is 12.1. The van der Waals surface area contributed by atoms with Crippen LogP contribution in [0.4, 0.5) is 0 Å². The summed E-state index contributed by atoms with van der Waals surface area (Å²) in [6, 6.07) is 3.61. The predicted octanol–water partition coefficient (Wildman–Crippen LogP) is 2.34. The molecule has 1 aliphatic rings. The Hall–Kier alpha value is -0.940. The molecule has 1 aromatic heterocycles. The van der Waals surface area contributed by atoms with Crippen LogP contribution in [0.25, 0.3) is 0 Å². The molecule has 0 atom stereocenters. The van der Waals surface area contributed by atoms with Gasteiger partial charge in [0, 0.05) is 30.9 Å². The first-order chi connectivity index (χ1) is 8.68. The number of ether oxygens (including phenoxy) is 1. The fraction of sp³-hybridized carbons (Fsp3) is 0.538. The van der Waals surface area contributed by atoms with Crippen LogP contribution in [-0.2, 0) is 4.74 Å². The number of nitrogens with zero attached hydrogens (tertiary/aromatic N) is 2. The highest BCUT2D eigenvalue weighted by Crippen LogP contribution is 2.28. The summed E-state index contributed by atoms with van der Waals surface area (Å²) in [4.78, 5) is 17.8. The Morgan fingerprint density at radius 1 is 1.61 bits per heavy atom. The van der Waals surface area contributed by atoms with Crippen LogP contribution in [0.15, 0.2) is 22.8 Å². The molecule has 0 radical (unpaired) electrons. The highest BCUT2D eigenvalue weighted by atomic mass is 79.9. The predicted molar refractivity (Wildman–Crippen MR) is 72.4 cm³/mol. The summed E-state index contributed by atoms with van der Waals surface area (Å²) in [5.41, 5.74) is 0.446. The summed E-state index contributed by atoms with van der Waals surface area (Å²) in [7, 11) is 1.77. The van der Waals surface area contributed by atoms with Gasteiger partial charge in [-0.3, -0.25) is 4.79 Å². The minimum absolute atomic E-state index is 0.0857. The fourth-order valence-corrected chi connectivity index (χ4v) is 1.99. The summed E-state index contributed by atoms with van der Waals surface area (Å²) in [6.07, 6.45) is 4.20. The van der Waals surface area contributed by atoms with Gasteiger partial charge in [-0.05, 0) is 46.8 Å². The van der Waals surface area contributed by atoms with Crippen molar-refractivity contribution in [2.24, 2.45) is 5.92 Å². The van der Waals surface area contributed by atoms with E-state index in [1.807, 2.05) is 6.07 Å². The average molecular weight is 313 g/mol. The molecule has 0 spiro atoms. The zero-order chi connectivity index (χ0) is 13.0. The Labute approximate surface area is 115 Å². The smallest absolute Gasteiger partial charge is 0.273 e. The molecule has 98 valence electrons. The first-order valence-corrected chi connectivity index (χ1v) is 6.91. The van der Waals surface area contributed by atoms with E-state index in [1.54, 1.807) is 24.2 Å². The largest absolute Gasteiger partial charge is 0.379 e. The molecule has 1 fully saturated rings. The van der Waals surface area contributed by atoms with Crippen LogP contribution < -0.4 is 0 Å². The SMILES string of the molecule is CN(CCOCC1CC1)C(=O)c1ncccc1Br. The number of carbonyl (C=O) groups excluding carboxylic acids is 1. The number of halogens is 1. The zero-order valence-electron chi connectivity index (χ0n) is 10.4. The van der Waals surface area contributed by atoms with Crippen LogP contribution in [-0.4, -0.2) is 42.6 Å². The van der Waals surface area contributed by atoms with E-state index in [0.717, 1.165) is 17.0 Å². The summed E-state index contributed by atoms with van der Waals surface area (Å²) in [5.74, 6) is 0.674. The van der Waals surface area contributed by atoms with Gasteiger partial charge in [0.05, 0.1) is 6.61 Å². The third kappa shape index (κ3) is 3.78. The molecule has 0 N–H and O–H groups in total. The van der Waals surface area contributed by atoms with E-state index < -0.39 is 0 Å². The molecule has 1 amide bonds. The fourth-order valence-electron chi connectivity index (χ4n) is 1.56. The van der Waals surface area contributed by atoms with Crippen molar-refractivity contribution in [3.8, 4) is 0 Å². The molecule has 2 rings (SSSR count). The third-order valence-corrected chi connectivity index (χ3v) is 3.57. The normalized spacial score (nSPS) is 14.6. The Morgan fingerprint density at radius 2 is 2.39 bits per heavy atom. The first-order valence-electron chi connectivity index (χ1n) is 6.12. The molecule has 0 saturated heterocycles. The van der Waals surface area contributed by atoms with Gasteiger partial charge in [0.15, 0.2) is 0 Å². The number of amides is 1. The van der Waals surface area contributed by atoms with E-state index in [4.69, 9.17) is 4.74 Å². The lowest BCUT2D eigenvalue weighted by molar-refractivity contribution is 0.0675. The van der Waals surface area contributed by atoms with Crippen molar-refractivity contribution in [2.45, 2.75) is 12.8 Å². The molecular formula is C13H17BrN2O2. The number of pyridine rings is 1. The van der Waals surface area contributed by atoms with Crippen molar-refractivity contribution in [1.29, 1.82) is 0 Å². The van der Waals surface area contributed by atoms with Crippen molar-refractivity contribution in [1.82, 2.24) is 9.88 Å². The number of hydrogen-bond acceptors (Lipinski definition) is 3. The van der Waals surface area contributed by atoms with Crippen molar-refractivity contribution in [2.75, 3.05) is 26.8 Å². The second-order valence-electron chi connectivity index (χ2n) is 4.58. The van der Waals surface area contributed by atoms with Crippen LogP contribution in [0.2, 0.25) is 0 Å².